The first-order valence-electron chi connectivity index (χ1n) is 5.86. The number of oxazole rings is 1. The van der Waals surface area contributed by atoms with E-state index in [1.807, 2.05) is 0 Å². The maximum absolute atomic E-state index is 11.8. The fourth-order valence-corrected chi connectivity index (χ4v) is 2.31. The molecule has 5 heteroatoms. The molecule has 0 fully saturated rings. The minimum atomic E-state index is -0.170. The van der Waals surface area contributed by atoms with Gasteiger partial charge in [-0.05, 0) is 19.3 Å². The molecule has 1 N–H and O–H groups in total. The van der Waals surface area contributed by atoms with Crippen LogP contribution in [0.3, 0.4) is 0 Å². The van der Waals surface area contributed by atoms with Gasteiger partial charge in [0.05, 0.1) is 5.69 Å². The molecular formula is C12H19BrN2O2. The van der Waals surface area contributed by atoms with Crippen molar-refractivity contribution in [1.29, 1.82) is 0 Å². The molecule has 0 saturated carbocycles. The first-order chi connectivity index (χ1) is 8.08. The summed E-state index contributed by atoms with van der Waals surface area (Å²) >= 11 is 3.42. The summed E-state index contributed by atoms with van der Waals surface area (Å²) in [7, 11) is 0. The van der Waals surface area contributed by atoms with Gasteiger partial charge in [-0.1, -0.05) is 29.3 Å². The standard InChI is InChI=1S/C12H19BrN2O2/c1-4-10(5-6-13)7-14-12(16)11-8(2)15-9(3)17-11/h10H,4-7H2,1-3H3,(H,14,16). The molecule has 1 aromatic rings. The van der Waals surface area contributed by atoms with Gasteiger partial charge in [0.15, 0.2) is 5.89 Å². The fourth-order valence-electron chi connectivity index (χ4n) is 1.66. The van der Waals surface area contributed by atoms with Gasteiger partial charge in [0.25, 0.3) is 5.91 Å². The maximum Gasteiger partial charge on any atom is 0.289 e. The molecule has 96 valence electrons. The van der Waals surface area contributed by atoms with Gasteiger partial charge < -0.3 is 9.73 Å². The molecule has 1 amide bonds. The van der Waals surface area contributed by atoms with Gasteiger partial charge >= 0.3 is 0 Å². The van der Waals surface area contributed by atoms with E-state index in [4.69, 9.17) is 4.42 Å². The monoisotopic (exact) mass is 302 g/mol. The van der Waals surface area contributed by atoms with Crippen LogP contribution in [-0.2, 0) is 0 Å². The Morgan fingerprint density at radius 1 is 1.53 bits per heavy atom. The predicted molar refractivity (Wildman–Crippen MR) is 70.5 cm³/mol. The molecule has 1 unspecified atom stereocenters. The quantitative estimate of drug-likeness (QED) is 0.822. The van der Waals surface area contributed by atoms with E-state index >= 15 is 0 Å². The third kappa shape index (κ3) is 4.15. The van der Waals surface area contributed by atoms with Crippen LogP contribution in [0.4, 0.5) is 0 Å². The van der Waals surface area contributed by atoms with E-state index in [0.717, 1.165) is 18.2 Å². The van der Waals surface area contributed by atoms with E-state index in [1.54, 1.807) is 13.8 Å². The lowest BCUT2D eigenvalue weighted by Gasteiger charge is -2.13. The van der Waals surface area contributed by atoms with Gasteiger partial charge in [-0.3, -0.25) is 4.79 Å². The van der Waals surface area contributed by atoms with E-state index in [2.05, 4.69) is 33.2 Å². The molecule has 17 heavy (non-hydrogen) atoms. The average molecular weight is 303 g/mol. The van der Waals surface area contributed by atoms with Crippen LogP contribution in [0, 0.1) is 19.8 Å². The first-order valence-corrected chi connectivity index (χ1v) is 6.98. The van der Waals surface area contributed by atoms with Crippen molar-refractivity contribution in [2.45, 2.75) is 33.6 Å². The highest BCUT2D eigenvalue weighted by Gasteiger charge is 2.16. The minimum absolute atomic E-state index is 0.170. The smallest absolute Gasteiger partial charge is 0.289 e. The molecule has 1 aromatic heterocycles. The van der Waals surface area contributed by atoms with E-state index in [0.29, 0.717) is 29.8 Å². The van der Waals surface area contributed by atoms with Crippen molar-refractivity contribution in [1.82, 2.24) is 10.3 Å². The van der Waals surface area contributed by atoms with Crippen molar-refractivity contribution >= 4 is 21.8 Å². The molecule has 0 aromatic carbocycles. The minimum Gasteiger partial charge on any atom is -0.436 e. The van der Waals surface area contributed by atoms with Gasteiger partial charge in [0.2, 0.25) is 5.76 Å². The average Bonchev–Trinajstić information content (AvgIpc) is 2.63. The number of nitrogens with zero attached hydrogens (tertiary/aromatic N) is 1. The molecule has 0 bridgehead atoms. The second kappa shape index (κ2) is 6.79. The van der Waals surface area contributed by atoms with Gasteiger partial charge in [-0.15, -0.1) is 0 Å². The van der Waals surface area contributed by atoms with Crippen LogP contribution in [0.15, 0.2) is 4.42 Å². The van der Waals surface area contributed by atoms with E-state index in [9.17, 15) is 4.79 Å². The van der Waals surface area contributed by atoms with Crippen molar-refractivity contribution < 1.29 is 9.21 Å². The van der Waals surface area contributed by atoms with Crippen LogP contribution in [0.5, 0.6) is 0 Å². The van der Waals surface area contributed by atoms with Crippen LogP contribution < -0.4 is 5.32 Å². The normalized spacial score (nSPS) is 12.5. The van der Waals surface area contributed by atoms with Crippen molar-refractivity contribution in [2.75, 3.05) is 11.9 Å². The Hall–Kier alpha value is -0.840. The van der Waals surface area contributed by atoms with Gasteiger partial charge in [-0.25, -0.2) is 4.98 Å². The van der Waals surface area contributed by atoms with E-state index in [-0.39, 0.29) is 5.91 Å². The number of carbonyl (C=O) groups is 1. The number of carbonyl (C=O) groups excluding carboxylic acids is 1. The molecule has 1 atom stereocenters. The van der Waals surface area contributed by atoms with Crippen molar-refractivity contribution in [3.8, 4) is 0 Å². The number of aryl methyl sites for hydroxylation is 2. The third-order valence-electron chi connectivity index (χ3n) is 2.76. The molecular weight excluding hydrogens is 284 g/mol. The fraction of sp³-hybridized carbons (Fsp3) is 0.667. The number of halogens is 1. The first kappa shape index (κ1) is 14.2. The Kier molecular flexibility index (Phi) is 5.68. The molecule has 1 heterocycles. The summed E-state index contributed by atoms with van der Waals surface area (Å²) in [5, 5.41) is 3.86. The largest absolute Gasteiger partial charge is 0.436 e. The van der Waals surface area contributed by atoms with Crippen LogP contribution in [0.1, 0.15) is 41.9 Å². The van der Waals surface area contributed by atoms with Crippen LogP contribution >= 0.6 is 15.9 Å². The van der Waals surface area contributed by atoms with E-state index in [1.165, 1.54) is 0 Å². The second-order valence-electron chi connectivity index (χ2n) is 4.11. The van der Waals surface area contributed by atoms with Crippen molar-refractivity contribution in [3.05, 3.63) is 17.3 Å². The highest BCUT2D eigenvalue weighted by Crippen LogP contribution is 2.11. The summed E-state index contributed by atoms with van der Waals surface area (Å²) in [5.74, 6) is 1.19. The summed E-state index contributed by atoms with van der Waals surface area (Å²) in [5.41, 5.74) is 0.647. The summed E-state index contributed by atoms with van der Waals surface area (Å²) < 4.78 is 5.27. The second-order valence-corrected chi connectivity index (χ2v) is 4.90. The highest BCUT2D eigenvalue weighted by molar-refractivity contribution is 9.09. The maximum atomic E-state index is 11.8. The van der Waals surface area contributed by atoms with Gasteiger partial charge in [0, 0.05) is 18.8 Å². The molecule has 1 rings (SSSR count). The van der Waals surface area contributed by atoms with E-state index < -0.39 is 0 Å². The number of nitrogens with one attached hydrogen (secondary N) is 1. The summed E-state index contributed by atoms with van der Waals surface area (Å²) in [6, 6.07) is 0. The lowest BCUT2D eigenvalue weighted by molar-refractivity contribution is 0.0916. The SMILES string of the molecule is CCC(CCBr)CNC(=O)c1oc(C)nc1C. The zero-order valence-corrected chi connectivity index (χ0v) is 12.1. The number of hydrogen-bond acceptors (Lipinski definition) is 3. The summed E-state index contributed by atoms with van der Waals surface area (Å²) in [6.07, 6.45) is 2.12. The zero-order chi connectivity index (χ0) is 12.8. The van der Waals surface area contributed by atoms with Crippen LogP contribution in [-0.4, -0.2) is 22.8 Å². The number of alkyl halides is 1. The summed E-state index contributed by atoms with van der Waals surface area (Å²) in [4.78, 5) is 15.9. The summed E-state index contributed by atoms with van der Waals surface area (Å²) in [6.45, 7) is 6.33. The Bertz CT molecular complexity index is 377. The number of hydrogen-bond donors (Lipinski definition) is 1. The van der Waals surface area contributed by atoms with Crippen molar-refractivity contribution in [2.24, 2.45) is 5.92 Å². The van der Waals surface area contributed by atoms with Gasteiger partial charge in [-0.2, -0.15) is 0 Å². The van der Waals surface area contributed by atoms with Gasteiger partial charge in [0.1, 0.15) is 0 Å². The molecule has 4 nitrogen and oxygen atoms in total. The number of rotatable bonds is 6. The zero-order valence-electron chi connectivity index (χ0n) is 10.5. The Labute approximate surface area is 110 Å². The molecule has 0 radical (unpaired) electrons. The molecule has 0 aliphatic carbocycles. The highest BCUT2D eigenvalue weighted by atomic mass is 79.9. The topological polar surface area (TPSA) is 55.1 Å². The molecule has 0 aliphatic rings. The van der Waals surface area contributed by atoms with Crippen LogP contribution in [0.2, 0.25) is 0 Å². The third-order valence-corrected chi connectivity index (χ3v) is 3.21. The lowest BCUT2D eigenvalue weighted by atomic mass is 10.0. The van der Waals surface area contributed by atoms with Crippen LogP contribution in [0.25, 0.3) is 0 Å². The predicted octanol–water partition coefficient (Wildman–Crippen LogP) is 2.83. The Balaban J connectivity index is 2.52. The lowest BCUT2D eigenvalue weighted by Crippen LogP contribution is -2.29. The Morgan fingerprint density at radius 2 is 2.24 bits per heavy atom. The Morgan fingerprint density at radius 3 is 2.71 bits per heavy atom. The van der Waals surface area contributed by atoms with Crippen molar-refractivity contribution in [3.63, 3.8) is 0 Å². The number of amides is 1. The molecule has 0 saturated heterocycles. The molecule has 0 spiro atoms. The molecule has 0 aliphatic heterocycles. The number of aromatic nitrogens is 1.